The van der Waals surface area contributed by atoms with E-state index in [4.69, 9.17) is 5.73 Å². The topological polar surface area (TPSA) is 63.4 Å². The first-order valence-corrected chi connectivity index (χ1v) is 7.05. The monoisotopic (exact) mass is 306 g/mol. The molecule has 0 aromatic heterocycles. The van der Waals surface area contributed by atoms with Gasteiger partial charge < -0.3 is 5.73 Å². The molecule has 0 fully saturated rings. The third-order valence-corrected chi connectivity index (χ3v) is 5.02. The standard InChI is InChI=1S/C10H15BrN2O2S/c1-8-7-9(3-4-10(8)11)16(14,15)13(2)6-5-12/h3-4,7H,5-6,12H2,1-2H3. The Bertz CT molecular complexity index is 474. The van der Waals surface area contributed by atoms with Gasteiger partial charge in [0, 0.05) is 24.6 Å². The Labute approximate surface area is 105 Å². The summed E-state index contributed by atoms with van der Waals surface area (Å²) in [6, 6.07) is 4.96. The van der Waals surface area contributed by atoms with Gasteiger partial charge in [0.25, 0.3) is 0 Å². The first-order chi connectivity index (χ1) is 7.39. The summed E-state index contributed by atoms with van der Waals surface area (Å²) in [4.78, 5) is 0.296. The zero-order valence-corrected chi connectivity index (χ0v) is 11.7. The molecule has 90 valence electrons. The van der Waals surface area contributed by atoms with Crippen LogP contribution in [0.1, 0.15) is 5.56 Å². The van der Waals surface area contributed by atoms with Gasteiger partial charge in [-0.15, -0.1) is 0 Å². The van der Waals surface area contributed by atoms with E-state index in [-0.39, 0.29) is 0 Å². The van der Waals surface area contributed by atoms with Crippen molar-refractivity contribution >= 4 is 26.0 Å². The van der Waals surface area contributed by atoms with Crippen LogP contribution in [-0.4, -0.2) is 32.9 Å². The quantitative estimate of drug-likeness (QED) is 0.913. The number of hydrogen-bond donors (Lipinski definition) is 1. The fraction of sp³-hybridized carbons (Fsp3) is 0.400. The van der Waals surface area contributed by atoms with Crippen LogP contribution in [0.3, 0.4) is 0 Å². The highest BCUT2D eigenvalue weighted by Crippen LogP contribution is 2.21. The molecule has 0 aliphatic carbocycles. The number of benzene rings is 1. The van der Waals surface area contributed by atoms with E-state index < -0.39 is 10.0 Å². The molecular formula is C10H15BrN2O2S. The van der Waals surface area contributed by atoms with E-state index in [1.807, 2.05) is 6.92 Å². The summed E-state index contributed by atoms with van der Waals surface area (Å²) in [7, 11) is -1.88. The highest BCUT2D eigenvalue weighted by molar-refractivity contribution is 9.10. The zero-order chi connectivity index (χ0) is 12.3. The molecule has 0 radical (unpaired) electrons. The van der Waals surface area contributed by atoms with E-state index >= 15 is 0 Å². The first kappa shape index (κ1) is 13.6. The second-order valence-corrected chi connectivity index (χ2v) is 6.43. The maximum absolute atomic E-state index is 12.0. The molecular weight excluding hydrogens is 292 g/mol. The molecule has 0 saturated carbocycles. The predicted octanol–water partition coefficient (Wildman–Crippen LogP) is 1.34. The number of rotatable bonds is 4. The van der Waals surface area contributed by atoms with Gasteiger partial charge in [-0.05, 0) is 30.7 Å². The normalized spacial score (nSPS) is 12.1. The highest BCUT2D eigenvalue weighted by Gasteiger charge is 2.20. The molecule has 4 nitrogen and oxygen atoms in total. The van der Waals surface area contributed by atoms with Crippen molar-refractivity contribution in [2.75, 3.05) is 20.1 Å². The Hall–Kier alpha value is -0.430. The molecule has 0 atom stereocenters. The Balaban J connectivity index is 3.12. The molecule has 0 spiro atoms. The average Bonchev–Trinajstić information content (AvgIpc) is 2.22. The van der Waals surface area contributed by atoms with Crippen LogP contribution < -0.4 is 5.73 Å². The molecule has 0 saturated heterocycles. The lowest BCUT2D eigenvalue weighted by atomic mass is 10.2. The Kier molecular flexibility index (Phi) is 4.49. The van der Waals surface area contributed by atoms with Crippen LogP contribution in [0, 0.1) is 6.92 Å². The van der Waals surface area contributed by atoms with Gasteiger partial charge >= 0.3 is 0 Å². The average molecular weight is 307 g/mol. The van der Waals surface area contributed by atoms with Gasteiger partial charge in [0.15, 0.2) is 0 Å². The second kappa shape index (κ2) is 5.27. The van der Waals surface area contributed by atoms with Crippen molar-refractivity contribution in [2.45, 2.75) is 11.8 Å². The Morgan fingerprint density at radius 2 is 2.06 bits per heavy atom. The lowest BCUT2D eigenvalue weighted by molar-refractivity contribution is 0.476. The van der Waals surface area contributed by atoms with Crippen molar-refractivity contribution in [3.05, 3.63) is 28.2 Å². The lowest BCUT2D eigenvalue weighted by Crippen LogP contribution is -2.31. The van der Waals surface area contributed by atoms with Crippen molar-refractivity contribution < 1.29 is 8.42 Å². The minimum atomic E-state index is -3.41. The van der Waals surface area contributed by atoms with Crippen molar-refractivity contribution in [3.63, 3.8) is 0 Å². The molecule has 1 rings (SSSR count). The minimum Gasteiger partial charge on any atom is -0.329 e. The van der Waals surface area contributed by atoms with Gasteiger partial charge in [0.05, 0.1) is 4.90 Å². The summed E-state index contributed by atoms with van der Waals surface area (Å²) in [5, 5.41) is 0. The maximum Gasteiger partial charge on any atom is 0.242 e. The molecule has 6 heteroatoms. The van der Waals surface area contributed by atoms with Crippen molar-refractivity contribution in [1.29, 1.82) is 0 Å². The summed E-state index contributed by atoms with van der Waals surface area (Å²) in [6.07, 6.45) is 0. The summed E-state index contributed by atoms with van der Waals surface area (Å²) in [6.45, 7) is 2.48. The molecule has 0 amide bonds. The zero-order valence-electron chi connectivity index (χ0n) is 9.27. The van der Waals surface area contributed by atoms with Gasteiger partial charge in [-0.3, -0.25) is 0 Å². The highest BCUT2D eigenvalue weighted by atomic mass is 79.9. The number of halogens is 1. The number of hydrogen-bond acceptors (Lipinski definition) is 3. The van der Waals surface area contributed by atoms with Gasteiger partial charge in [0.2, 0.25) is 10.0 Å². The molecule has 0 aliphatic rings. The first-order valence-electron chi connectivity index (χ1n) is 4.82. The van der Waals surface area contributed by atoms with Crippen LogP contribution in [-0.2, 0) is 10.0 Å². The largest absolute Gasteiger partial charge is 0.329 e. The molecule has 0 bridgehead atoms. The van der Waals surface area contributed by atoms with Crippen molar-refractivity contribution in [1.82, 2.24) is 4.31 Å². The number of sulfonamides is 1. The third kappa shape index (κ3) is 2.82. The van der Waals surface area contributed by atoms with E-state index in [2.05, 4.69) is 15.9 Å². The smallest absolute Gasteiger partial charge is 0.242 e. The van der Waals surface area contributed by atoms with Crippen LogP contribution in [0.5, 0.6) is 0 Å². The van der Waals surface area contributed by atoms with Crippen LogP contribution in [0.2, 0.25) is 0 Å². The molecule has 2 N–H and O–H groups in total. The second-order valence-electron chi connectivity index (χ2n) is 3.53. The fourth-order valence-corrected chi connectivity index (χ4v) is 2.78. The molecule has 1 aromatic rings. The van der Waals surface area contributed by atoms with Gasteiger partial charge in [0.1, 0.15) is 0 Å². The van der Waals surface area contributed by atoms with Crippen LogP contribution in [0.4, 0.5) is 0 Å². The molecule has 0 aliphatic heterocycles. The summed E-state index contributed by atoms with van der Waals surface area (Å²) in [5.74, 6) is 0. The molecule has 0 heterocycles. The van der Waals surface area contributed by atoms with E-state index in [1.165, 1.54) is 11.4 Å². The van der Waals surface area contributed by atoms with Crippen molar-refractivity contribution in [2.24, 2.45) is 5.73 Å². The van der Waals surface area contributed by atoms with Crippen LogP contribution >= 0.6 is 15.9 Å². The Morgan fingerprint density at radius 3 is 2.56 bits per heavy atom. The van der Waals surface area contributed by atoms with E-state index in [0.29, 0.717) is 18.0 Å². The summed E-state index contributed by atoms with van der Waals surface area (Å²) in [5.41, 5.74) is 6.24. The van der Waals surface area contributed by atoms with Gasteiger partial charge in [-0.1, -0.05) is 15.9 Å². The van der Waals surface area contributed by atoms with Gasteiger partial charge in [-0.2, -0.15) is 4.31 Å². The summed E-state index contributed by atoms with van der Waals surface area (Å²) < 4.78 is 26.2. The molecule has 1 aromatic carbocycles. The van der Waals surface area contributed by atoms with E-state index in [0.717, 1.165) is 10.0 Å². The Morgan fingerprint density at radius 1 is 1.44 bits per heavy atom. The molecule has 16 heavy (non-hydrogen) atoms. The van der Waals surface area contributed by atoms with Gasteiger partial charge in [-0.25, -0.2) is 8.42 Å². The summed E-state index contributed by atoms with van der Waals surface area (Å²) >= 11 is 3.34. The lowest BCUT2D eigenvalue weighted by Gasteiger charge is -2.16. The molecule has 0 unspecified atom stereocenters. The van der Waals surface area contributed by atoms with Crippen LogP contribution in [0.25, 0.3) is 0 Å². The van der Waals surface area contributed by atoms with Crippen molar-refractivity contribution in [3.8, 4) is 0 Å². The fourth-order valence-electron chi connectivity index (χ4n) is 1.26. The number of nitrogens with two attached hydrogens (primary N) is 1. The number of nitrogens with zero attached hydrogens (tertiary/aromatic N) is 1. The van der Waals surface area contributed by atoms with E-state index in [9.17, 15) is 8.42 Å². The number of likely N-dealkylation sites (N-methyl/N-ethyl adjacent to an activating group) is 1. The predicted molar refractivity (Wildman–Crippen MR) is 67.7 cm³/mol. The third-order valence-electron chi connectivity index (χ3n) is 2.28. The minimum absolute atomic E-state index is 0.296. The number of aryl methyl sites for hydroxylation is 1. The van der Waals surface area contributed by atoms with Crippen LogP contribution in [0.15, 0.2) is 27.6 Å². The maximum atomic E-state index is 12.0. The van der Waals surface area contributed by atoms with E-state index in [1.54, 1.807) is 18.2 Å². The SMILES string of the molecule is Cc1cc(S(=O)(=O)N(C)CCN)ccc1Br.